The number of amides is 4. The highest BCUT2D eigenvalue weighted by molar-refractivity contribution is 6.00. The van der Waals surface area contributed by atoms with Crippen LogP contribution in [0.4, 0.5) is 0 Å². The molecule has 2 aliphatic heterocycles. The zero-order valence-corrected chi connectivity index (χ0v) is 30.9. The fourth-order valence-electron chi connectivity index (χ4n) is 6.16. The van der Waals surface area contributed by atoms with Crippen LogP contribution < -0.4 is 26.9 Å². The second kappa shape index (κ2) is 21.6. The predicted molar refractivity (Wildman–Crippen MR) is 200 cm³/mol. The Morgan fingerprint density at radius 3 is 2.22 bits per heavy atom. The lowest BCUT2D eigenvalue weighted by atomic mass is 10.0. The van der Waals surface area contributed by atoms with Crippen LogP contribution in [0.1, 0.15) is 87.6 Å². The molecule has 0 spiro atoms. The van der Waals surface area contributed by atoms with Crippen LogP contribution in [0.2, 0.25) is 0 Å². The number of carbonyl (C=O) groups is 4. The first-order valence-corrected chi connectivity index (χ1v) is 18.3. The van der Waals surface area contributed by atoms with Gasteiger partial charge in [0, 0.05) is 32.9 Å². The highest BCUT2D eigenvalue weighted by atomic mass is 16.5. The summed E-state index contributed by atoms with van der Waals surface area (Å²) in [7, 11) is 1.59. The number of hydrogen-bond donors (Lipinski definition) is 4. The van der Waals surface area contributed by atoms with Crippen molar-refractivity contribution >= 4 is 23.6 Å². The van der Waals surface area contributed by atoms with Crippen LogP contribution in [0.5, 0.6) is 5.75 Å². The van der Waals surface area contributed by atoms with Crippen LogP contribution in [0.15, 0.2) is 66.5 Å². The van der Waals surface area contributed by atoms with Crippen LogP contribution >= 0.6 is 0 Å². The quantitative estimate of drug-likeness (QED) is 0.340. The summed E-state index contributed by atoms with van der Waals surface area (Å²) < 4.78 is 5.91. The molecule has 2 aliphatic rings. The Balaban J connectivity index is 0.000000892. The third-order valence-electron chi connectivity index (χ3n) is 8.85. The lowest BCUT2D eigenvalue weighted by Gasteiger charge is -2.31. The van der Waals surface area contributed by atoms with Crippen molar-refractivity contribution in [3.63, 3.8) is 0 Å². The highest BCUT2D eigenvalue weighted by Gasteiger charge is 2.39. The molecule has 0 saturated carbocycles. The maximum Gasteiger partial charge on any atom is 0.255 e. The highest BCUT2D eigenvalue weighted by Crippen LogP contribution is 2.23. The molecule has 12 heteroatoms. The van der Waals surface area contributed by atoms with Crippen LogP contribution in [-0.2, 0) is 14.4 Å². The summed E-state index contributed by atoms with van der Waals surface area (Å²) in [5.41, 5.74) is 8.17. The number of rotatable bonds is 2. The summed E-state index contributed by atoms with van der Waals surface area (Å²) in [5.74, 6) is 5.27. The van der Waals surface area contributed by atoms with Crippen molar-refractivity contribution in [2.24, 2.45) is 17.5 Å². The molecule has 2 atom stereocenters. The number of carbonyl (C=O) groups excluding carboxylic acids is 4. The van der Waals surface area contributed by atoms with Crippen molar-refractivity contribution in [1.82, 2.24) is 25.4 Å². The number of nitrogens with zero attached hydrogens (tertiary/aromatic N) is 3. The van der Waals surface area contributed by atoms with Crippen LogP contribution in [0, 0.1) is 12.8 Å². The van der Waals surface area contributed by atoms with E-state index in [1.807, 2.05) is 32.0 Å². The zero-order chi connectivity index (χ0) is 37.2. The van der Waals surface area contributed by atoms with Crippen molar-refractivity contribution in [3.8, 4) is 5.75 Å². The molecule has 12 nitrogen and oxygen atoms in total. The Morgan fingerprint density at radius 2 is 1.53 bits per heavy atom. The van der Waals surface area contributed by atoms with E-state index >= 15 is 0 Å². The zero-order valence-electron chi connectivity index (χ0n) is 30.9. The number of ether oxygens (including phenoxy) is 1. The number of hydrogen-bond acceptors (Lipinski definition) is 8. The smallest absolute Gasteiger partial charge is 0.255 e. The summed E-state index contributed by atoms with van der Waals surface area (Å²) in [5, 5.41) is 7.36. The van der Waals surface area contributed by atoms with Gasteiger partial charge < -0.3 is 35.9 Å². The topological polar surface area (TPSA) is 163 Å². The summed E-state index contributed by atoms with van der Waals surface area (Å²) in [6.07, 6.45) is 9.12. The van der Waals surface area contributed by atoms with E-state index in [2.05, 4.69) is 29.7 Å². The molecule has 51 heavy (non-hydrogen) atoms. The SMILES string of the molecule is CC(C)CC1NC(=O)c2ccccc2OC/C(N)=C/N(N)CCCCCCCCNC(=O)CN(C)C(=O)C2CCCN2C1=O.Cc1ccccc1. The number of likely N-dealkylation sites (N-methyl/N-ethyl adjacent to an activating group) is 1. The molecule has 0 bridgehead atoms. The molecule has 0 aromatic heterocycles. The van der Waals surface area contributed by atoms with Gasteiger partial charge >= 0.3 is 0 Å². The van der Waals surface area contributed by atoms with Gasteiger partial charge in [-0.15, -0.1) is 0 Å². The Bertz CT molecular complexity index is 1430. The third kappa shape index (κ3) is 14.3. The largest absolute Gasteiger partial charge is 0.487 e. The molecule has 4 amide bonds. The Labute approximate surface area is 303 Å². The Hall–Kier alpha value is -4.58. The van der Waals surface area contributed by atoms with Crippen molar-refractivity contribution in [1.29, 1.82) is 0 Å². The summed E-state index contributed by atoms with van der Waals surface area (Å²) in [6.45, 7) is 7.59. The van der Waals surface area contributed by atoms with Gasteiger partial charge in [-0.2, -0.15) is 0 Å². The molecule has 2 unspecified atom stereocenters. The minimum atomic E-state index is -0.841. The van der Waals surface area contributed by atoms with Gasteiger partial charge in [0.05, 0.1) is 17.8 Å². The van der Waals surface area contributed by atoms with Gasteiger partial charge in [-0.05, 0) is 57.1 Å². The lowest BCUT2D eigenvalue weighted by molar-refractivity contribution is -0.145. The van der Waals surface area contributed by atoms with E-state index in [4.69, 9.17) is 16.3 Å². The van der Waals surface area contributed by atoms with E-state index in [9.17, 15) is 19.2 Å². The molecule has 1 saturated heterocycles. The van der Waals surface area contributed by atoms with Gasteiger partial charge in [0.15, 0.2) is 0 Å². The molecule has 6 N–H and O–H groups in total. The average Bonchev–Trinajstić information content (AvgIpc) is 3.59. The van der Waals surface area contributed by atoms with Crippen LogP contribution in [0.25, 0.3) is 0 Å². The minimum absolute atomic E-state index is 0.0357. The second-order valence-electron chi connectivity index (χ2n) is 13.9. The molecule has 0 radical (unpaired) electrons. The van der Waals surface area contributed by atoms with E-state index in [1.165, 1.54) is 10.5 Å². The van der Waals surface area contributed by atoms with Crippen molar-refractivity contribution < 1.29 is 23.9 Å². The molecular formula is C39H59N7O5. The Morgan fingerprint density at radius 1 is 0.863 bits per heavy atom. The summed E-state index contributed by atoms with van der Waals surface area (Å²) in [6, 6.07) is 15.5. The number of fused-ring (bicyclic) bond motifs is 2. The van der Waals surface area contributed by atoms with Crippen molar-refractivity contribution in [2.75, 3.05) is 39.8 Å². The van der Waals surface area contributed by atoms with E-state index in [0.717, 1.165) is 38.5 Å². The lowest BCUT2D eigenvalue weighted by Crippen LogP contribution is -2.54. The molecule has 2 aromatic carbocycles. The monoisotopic (exact) mass is 705 g/mol. The van der Waals surface area contributed by atoms with Gasteiger partial charge in [-0.25, -0.2) is 5.84 Å². The van der Waals surface area contributed by atoms with Gasteiger partial charge in [0.25, 0.3) is 5.91 Å². The predicted octanol–water partition coefficient (Wildman–Crippen LogP) is 4.10. The molecule has 2 heterocycles. The van der Waals surface area contributed by atoms with E-state index < -0.39 is 18.0 Å². The van der Waals surface area contributed by atoms with Crippen LogP contribution in [0.3, 0.4) is 0 Å². The molecule has 0 aliphatic carbocycles. The molecular weight excluding hydrogens is 646 g/mol. The average molecular weight is 706 g/mol. The third-order valence-corrected chi connectivity index (χ3v) is 8.85. The molecule has 2 aromatic rings. The number of aryl methyl sites for hydroxylation is 1. The number of hydrazine groups is 1. The normalized spacial score (nSPS) is 22.0. The van der Waals surface area contributed by atoms with E-state index in [1.54, 1.807) is 47.4 Å². The standard InChI is InChI=1S/C32H51N7O5.C7H8/c1-23(2)19-26-31(42)39-18-12-14-27(39)32(43)37(3)21-29(40)35-16-10-6-4-5-7-11-17-38(34)20-24(33)22-44-28-15-9-8-13-25(28)30(41)36-26;1-7-5-3-2-4-6-7/h8-9,13,15,20,23,26-27H,4-7,10-12,14,16-19,21-22,33-34H2,1-3H3,(H,35,40)(H,36,41);2-6H,1H3/b24-20-;. The molecule has 1 fully saturated rings. The first kappa shape index (κ1) is 40.8. The van der Waals surface area contributed by atoms with Crippen molar-refractivity contribution in [2.45, 2.75) is 90.6 Å². The number of nitrogens with two attached hydrogens (primary N) is 2. The Kier molecular flexibility index (Phi) is 17.3. The maximum absolute atomic E-state index is 13.9. The fourth-order valence-corrected chi connectivity index (χ4v) is 6.16. The fraction of sp³-hybridized carbons (Fsp3) is 0.538. The first-order chi connectivity index (χ1) is 24.5. The van der Waals surface area contributed by atoms with E-state index in [0.29, 0.717) is 50.3 Å². The maximum atomic E-state index is 13.9. The number of nitrogens with one attached hydrogen (secondary N) is 2. The van der Waals surface area contributed by atoms with Crippen molar-refractivity contribution in [3.05, 3.63) is 77.6 Å². The van der Waals surface area contributed by atoms with Gasteiger partial charge in [0.1, 0.15) is 24.4 Å². The van der Waals surface area contributed by atoms with Gasteiger partial charge in [-0.1, -0.05) is 87.6 Å². The van der Waals surface area contributed by atoms with Gasteiger partial charge in [-0.3, -0.25) is 19.2 Å². The first-order valence-electron chi connectivity index (χ1n) is 18.3. The van der Waals surface area contributed by atoms with Crippen LogP contribution in [-0.4, -0.2) is 90.4 Å². The minimum Gasteiger partial charge on any atom is -0.487 e. The number of para-hydroxylation sites is 1. The molecule has 4 rings (SSSR count). The molecule has 280 valence electrons. The second-order valence-corrected chi connectivity index (χ2v) is 13.9. The summed E-state index contributed by atoms with van der Waals surface area (Å²) in [4.78, 5) is 56.3. The van der Waals surface area contributed by atoms with E-state index in [-0.39, 0.29) is 42.4 Å². The number of benzene rings is 2. The summed E-state index contributed by atoms with van der Waals surface area (Å²) >= 11 is 0. The van der Waals surface area contributed by atoms with Gasteiger partial charge in [0.2, 0.25) is 17.7 Å².